The minimum atomic E-state index is -1.42. The Balaban J connectivity index is 3.74. The normalized spacial score (nSPS) is 16.9. The van der Waals surface area contributed by atoms with Crippen molar-refractivity contribution in [2.45, 2.75) is 26.0 Å². The summed E-state index contributed by atoms with van der Waals surface area (Å²) < 4.78 is 5.57. The highest BCUT2D eigenvalue weighted by molar-refractivity contribution is 7.29. The van der Waals surface area contributed by atoms with Crippen molar-refractivity contribution in [3.8, 4) is 0 Å². The molecule has 0 aliphatic carbocycles. The van der Waals surface area contributed by atoms with Crippen LogP contribution < -0.4 is 0 Å². The van der Waals surface area contributed by atoms with E-state index in [-0.39, 0.29) is 14.3 Å². The van der Waals surface area contributed by atoms with Crippen LogP contribution in [0.5, 0.6) is 0 Å². The fourth-order valence-electron chi connectivity index (χ4n) is 1.01. The lowest BCUT2D eigenvalue weighted by Crippen LogP contribution is -2.39. The minimum absolute atomic E-state index is 0.0863. The summed E-state index contributed by atoms with van der Waals surface area (Å²) in [5, 5.41) is 0. The van der Waals surface area contributed by atoms with Gasteiger partial charge in [-0.05, 0) is 23.1 Å². The molecule has 72 valence electrons. The Hall–Kier alpha value is 0.311. The molecule has 5 heteroatoms. The highest BCUT2D eigenvalue weighted by atomic mass is 29.5. The van der Waals surface area contributed by atoms with Gasteiger partial charge in [0.25, 0.3) is 0 Å². The van der Waals surface area contributed by atoms with Gasteiger partial charge in [-0.2, -0.15) is 0 Å². The molecule has 0 saturated heterocycles. The average Bonchev–Trinajstić information content (AvgIpc) is 2.04. The summed E-state index contributed by atoms with van der Waals surface area (Å²) in [6, 6.07) is 0. The summed E-state index contributed by atoms with van der Waals surface area (Å²) in [4.78, 5) is 9.71. The van der Waals surface area contributed by atoms with E-state index in [4.69, 9.17) is 4.74 Å². The molecule has 0 heterocycles. The van der Waals surface area contributed by atoms with Crippen LogP contribution in [0.25, 0.3) is 0 Å². The van der Waals surface area contributed by atoms with Gasteiger partial charge in [-0.25, -0.2) is 0 Å². The topological polar surface area (TPSA) is 29.5 Å². The van der Waals surface area contributed by atoms with Gasteiger partial charge in [0.15, 0.2) is 8.56 Å². The number of hydrogen-bond acceptors (Lipinski definition) is 2. The van der Waals surface area contributed by atoms with E-state index in [2.05, 4.69) is 13.5 Å². The van der Waals surface area contributed by atoms with E-state index >= 15 is 0 Å². The fraction of sp³-hybridized carbons (Fsp3) is 0.714. The average molecular weight is 220 g/mol. The second-order valence-electron chi connectivity index (χ2n) is 3.19. The van der Waals surface area contributed by atoms with Crippen LogP contribution in [-0.2, 0) is 4.74 Å². The molecule has 0 aromatic carbocycles. The van der Waals surface area contributed by atoms with Crippen LogP contribution in [-0.4, -0.2) is 44.0 Å². The highest BCUT2D eigenvalue weighted by Gasteiger charge is 2.17. The Morgan fingerprint density at radius 3 is 2.75 bits per heavy atom. The first-order valence-corrected chi connectivity index (χ1v) is 14.7. The summed E-state index contributed by atoms with van der Waals surface area (Å²) in [6.45, 7) is 8.44. The predicted octanol–water partition coefficient (Wildman–Crippen LogP) is -1.44. The van der Waals surface area contributed by atoms with E-state index in [1.54, 1.807) is 0 Å². The standard InChI is InChI=1S/C7H20O2Si3/c1-4-7(12(8)11-10)9-5-6(2)3/h7-8,12H,2,4-5,11H2,1,3,10H3. The molecular weight excluding hydrogens is 200 g/mol. The molecule has 0 aliphatic rings. The summed E-state index contributed by atoms with van der Waals surface area (Å²) in [6.07, 6.45) is 0.968. The van der Waals surface area contributed by atoms with Crippen LogP contribution in [0.2, 0.25) is 0 Å². The summed E-state index contributed by atoms with van der Waals surface area (Å²) in [5.74, 6) is 0. The SMILES string of the molecule is C=C(C)COC(CC)[SiH](O)[SiH2][SiH3]. The van der Waals surface area contributed by atoms with E-state index in [0.717, 1.165) is 12.0 Å². The molecule has 2 unspecified atom stereocenters. The zero-order valence-corrected chi connectivity index (χ0v) is 12.9. The maximum Gasteiger partial charge on any atom is 0.178 e. The Morgan fingerprint density at radius 1 is 1.83 bits per heavy atom. The van der Waals surface area contributed by atoms with Crippen LogP contribution in [0, 0.1) is 0 Å². The Labute approximate surface area is 81.6 Å². The number of hydrogen-bond donors (Lipinski definition) is 1. The summed E-state index contributed by atoms with van der Waals surface area (Å²) >= 11 is 0. The molecule has 0 amide bonds. The van der Waals surface area contributed by atoms with Gasteiger partial charge in [0.1, 0.15) is 0 Å². The first kappa shape index (κ1) is 12.3. The number of ether oxygens (including phenoxy) is 1. The van der Waals surface area contributed by atoms with Crippen molar-refractivity contribution in [1.29, 1.82) is 0 Å². The zero-order valence-electron chi connectivity index (χ0n) is 8.34. The molecule has 0 spiro atoms. The van der Waals surface area contributed by atoms with Gasteiger partial charge < -0.3 is 9.53 Å². The first-order valence-electron chi connectivity index (χ1n) is 4.55. The van der Waals surface area contributed by atoms with Gasteiger partial charge in [-0.15, -0.1) is 0 Å². The number of rotatable bonds is 6. The maximum atomic E-state index is 9.71. The van der Waals surface area contributed by atoms with Crippen molar-refractivity contribution < 1.29 is 9.53 Å². The lowest BCUT2D eigenvalue weighted by molar-refractivity contribution is 0.113. The van der Waals surface area contributed by atoms with Crippen molar-refractivity contribution in [3.63, 3.8) is 0 Å². The molecule has 0 aliphatic heterocycles. The highest BCUT2D eigenvalue weighted by Crippen LogP contribution is 2.02. The van der Waals surface area contributed by atoms with Crippen molar-refractivity contribution in [1.82, 2.24) is 0 Å². The third-order valence-corrected chi connectivity index (χ3v) is 15.8. The van der Waals surface area contributed by atoms with Gasteiger partial charge in [-0.1, -0.05) is 19.1 Å². The Bertz CT molecular complexity index is 141. The van der Waals surface area contributed by atoms with Crippen LogP contribution in [0.15, 0.2) is 12.2 Å². The van der Waals surface area contributed by atoms with E-state index in [0.29, 0.717) is 6.61 Å². The lowest BCUT2D eigenvalue weighted by atomic mass is 10.4. The molecule has 0 aromatic rings. The largest absolute Gasteiger partial charge is 0.436 e. The fourth-order valence-corrected chi connectivity index (χ4v) is 10.1. The lowest BCUT2D eigenvalue weighted by Gasteiger charge is -2.19. The molecule has 0 bridgehead atoms. The van der Waals surface area contributed by atoms with E-state index in [9.17, 15) is 4.80 Å². The quantitative estimate of drug-likeness (QED) is 0.439. The smallest absolute Gasteiger partial charge is 0.178 e. The zero-order chi connectivity index (χ0) is 9.56. The van der Waals surface area contributed by atoms with Crippen molar-refractivity contribution >= 4 is 26.9 Å². The van der Waals surface area contributed by atoms with Gasteiger partial charge in [-0.3, -0.25) is 0 Å². The van der Waals surface area contributed by atoms with E-state index in [1.165, 1.54) is 9.76 Å². The van der Waals surface area contributed by atoms with Crippen LogP contribution in [0.3, 0.4) is 0 Å². The third-order valence-electron chi connectivity index (χ3n) is 1.79. The Kier molecular flexibility index (Phi) is 6.96. The van der Waals surface area contributed by atoms with E-state index in [1.807, 2.05) is 6.92 Å². The molecule has 1 N–H and O–H groups in total. The summed E-state index contributed by atoms with van der Waals surface area (Å²) in [5.41, 5.74) is 1.25. The molecule has 2 atom stereocenters. The van der Waals surface area contributed by atoms with E-state index < -0.39 is 8.56 Å². The van der Waals surface area contributed by atoms with Crippen molar-refractivity contribution in [2.75, 3.05) is 6.61 Å². The van der Waals surface area contributed by atoms with Crippen molar-refractivity contribution in [2.24, 2.45) is 0 Å². The maximum absolute atomic E-state index is 9.71. The van der Waals surface area contributed by atoms with Gasteiger partial charge in [0.05, 0.1) is 12.3 Å². The molecule has 0 rings (SSSR count). The molecule has 0 aromatic heterocycles. The molecule has 0 saturated carbocycles. The van der Waals surface area contributed by atoms with Crippen LogP contribution in [0.4, 0.5) is 0 Å². The first-order chi connectivity index (χ1) is 5.61. The molecule has 2 nitrogen and oxygen atoms in total. The van der Waals surface area contributed by atoms with Gasteiger partial charge in [0, 0.05) is 8.55 Å². The minimum Gasteiger partial charge on any atom is -0.436 e. The van der Waals surface area contributed by atoms with Crippen molar-refractivity contribution in [3.05, 3.63) is 12.2 Å². The monoisotopic (exact) mass is 220 g/mol. The predicted molar refractivity (Wildman–Crippen MR) is 62.7 cm³/mol. The third kappa shape index (κ3) is 5.04. The second kappa shape index (κ2) is 6.79. The Morgan fingerprint density at radius 2 is 2.42 bits per heavy atom. The summed E-state index contributed by atoms with van der Waals surface area (Å²) in [7, 11) is -0.277. The molecule has 0 radical (unpaired) electrons. The molecule has 0 fully saturated rings. The van der Waals surface area contributed by atoms with Crippen LogP contribution in [0.1, 0.15) is 20.3 Å². The molecule has 12 heavy (non-hydrogen) atoms. The molecular formula is C7H20O2Si3. The van der Waals surface area contributed by atoms with Gasteiger partial charge in [0.2, 0.25) is 0 Å². The van der Waals surface area contributed by atoms with Crippen LogP contribution >= 0.6 is 0 Å². The van der Waals surface area contributed by atoms with Gasteiger partial charge >= 0.3 is 0 Å². The second-order valence-corrected chi connectivity index (χ2v) is 18.2.